The zero-order valence-electron chi connectivity index (χ0n) is 11.3. The normalized spacial score (nSPS) is 17.5. The Morgan fingerprint density at radius 2 is 1.81 bits per heavy atom. The van der Waals surface area contributed by atoms with Crippen molar-refractivity contribution in [1.29, 1.82) is 0 Å². The summed E-state index contributed by atoms with van der Waals surface area (Å²) in [6.45, 7) is 12.5. The molecule has 0 saturated heterocycles. The minimum absolute atomic E-state index is 0.257. The van der Waals surface area contributed by atoms with Gasteiger partial charge in [0.25, 0.3) is 0 Å². The lowest BCUT2D eigenvalue weighted by atomic mass is 10.0. The fraction of sp³-hybridized carbons (Fsp3) is 0.917. The van der Waals surface area contributed by atoms with Crippen molar-refractivity contribution in [2.75, 3.05) is 5.75 Å². The van der Waals surface area contributed by atoms with Crippen LogP contribution in [0.2, 0.25) is 0 Å². The predicted molar refractivity (Wildman–Crippen MR) is 72.6 cm³/mol. The second-order valence-corrected chi connectivity index (χ2v) is 6.62. The molecule has 0 spiro atoms. The number of hydrogen-bond acceptors (Lipinski definition) is 3. The predicted octanol–water partition coefficient (Wildman–Crippen LogP) is 2.01. The molecule has 0 fully saturated rings. The van der Waals surface area contributed by atoms with Gasteiger partial charge in [-0.3, -0.25) is 4.79 Å². The maximum atomic E-state index is 11.5. The van der Waals surface area contributed by atoms with Crippen molar-refractivity contribution in [3.63, 3.8) is 0 Å². The van der Waals surface area contributed by atoms with Crippen LogP contribution in [-0.2, 0) is 4.79 Å². The SMILES string of the molecule is CC(C)NC(C)(CSC(C)C(C)C)C(N)=O. The largest absolute Gasteiger partial charge is 0.368 e. The van der Waals surface area contributed by atoms with Crippen molar-refractivity contribution >= 4 is 17.7 Å². The van der Waals surface area contributed by atoms with Crippen LogP contribution in [0, 0.1) is 5.92 Å². The number of thioether (sulfide) groups is 1. The van der Waals surface area contributed by atoms with Crippen LogP contribution in [-0.4, -0.2) is 28.5 Å². The molecule has 2 atom stereocenters. The third-order valence-corrected chi connectivity index (χ3v) is 4.54. The van der Waals surface area contributed by atoms with Crippen LogP contribution in [0.25, 0.3) is 0 Å². The average molecular weight is 246 g/mol. The number of nitrogens with two attached hydrogens (primary N) is 1. The van der Waals surface area contributed by atoms with Crippen molar-refractivity contribution in [2.24, 2.45) is 11.7 Å². The van der Waals surface area contributed by atoms with Crippen LogP contribution in [0.4, 0.5) is 0 Å². The molecule has 2 unspecified atom stereocenters. The lowest BCUT2D eigenvalue weighted by Crippen LogP contribution is -2.57. The minimum atomic E-state index is -0.609. The fourth-order valence-corrected chi connectivity index (χ4v) is 2.52. The number of carbonyl (C=O) groups is 1. The van der Waals surface area contributed by atoms with Gasteiger partial charge in [0.05, 0.1) is 0 Å². The van der Waals surface area contributed by atoms with Gasteiger partial charge >= 0.3 is 0 Å². The van der Waals surface area contributed by atoms with Crippen molar-refractivity contribution in [1.82, 2.24) is 5.32 Å². The van der Waals surface area contributed by atoms with E-state index in [2.05, 4.69) is 26.1 Å². The molecule has 0 saturated carbocycles. The molecule has 0 aromatic rings. The van der Waals surface area contributed by atoms with Gasteiger partial charge in [-0.2, -0.15) is 11.8 Å². The molecule has 3 N–H and O–H groups in total. The van der Waals surface area contributed by atoms with Gasteiger partial charge in [0.1, 0.15) is 5.54 Å². The summed E-state index contributed by atoms with van der Waals surface area (Å²) in [7, 11) is 0. The van der Waals surface area contributed by atoms with Gasteiger partial charge in [0.15, 0.2) is 0 Å². The van der Waals surface area contributed by atoms with Gasteiger partial charge in [-0.05, 0) is 26.7 Å². The number of primary amides is 1. The molecule has 3 nitrogen and oxygen atoms in total. The summed E-state index contributed by atoms with van der Waals surface area (Å²) in [5.74, 6) is 1.06. The molecule has 0 heterocycles. The van der Waals surface area contributed by atoms with Crippen LogP contribution in [0.15, 0.2) is 0 Å². The highest BCUT2D eigenvalue weighted by Gasteiger charge is 2.32. The number of nitrogens with one attached hydrogen (secondary N) is 1. The first kappa shape index (κ1) is 15.8. The molecule has 4 heteroatoms. The van der Waals surface area contributed by atoms with Crippen LogP contribution >= 0.6 is 11.8 Å². The first-order valence-corrected chi connectivity index (χ1v) is 6.93. The number of rotatable bonds is 7. The third kappa shape index (κ3) is 5.21. The van der Waals surface area contributed by atoms with E-state index < -0.39 is 5.54 Å². The van der Waals surface area contributed by atoms with Gasteiger partial charge in [-0.1, -0.05) is 20.8 Å². The number of carbonyl (C=O) groups excluding carboxylic acids is 1. The van der Waals surface area contributed by atoms with E-state index in [-0.39, 0.29) is 11.9 Å². The molecule has 0 aromatic carbocycles. The van der Waals surface area contributed by atoms with E-state index >= 15 is 0 Å². The van der Waals surface area contributed by atoms with Crippen molar-refractivity contribution in [3.05, 3.63) is 0 Å². The zero-order chi connectivity index (χ0) is 12.9. The molecule has 0 aliphatic rings. The van der Waals surface area contributed by atoms with E-state index in [0.717, 1.165) is 5.75 Å². The summed E-state index contributed by atoms with van der Waals surface area (Å²) in [5, 5.41) is 3.79. The Hall–Kier alpha value is -0.220. The summed E-state index contributed by atoms with van der Waals surface area (Å²) in [4.78, 5) is 11.5. The highest BCUT2D eigenvalue weighted by atomic mass is 32.2. The van der Waals surface area contributed by atoms with E-state index in [0.29, 0.717) is 11.2 Å². The van der Waals surface area contributed by atoms with Crippen LogP contribution in [0.3, 0.4) is 0 Å². The summed E-state index contributed by atoms with van der Waals surface area (Å²) >= 11 is 1.80. The second-order valence-electron chi connectivity index (χ2n) is 5.26. The Bertz CT molecular complexity index is 231. The van der Waals surface area contributed by atoms with E-state index in [9.17, 15) is 4.79 Å². The van der Waals surface area contributed by atoms with Crippen molar-refractivity contribution in [2.45, 2.75) is 58.4 Å². The van der Waals surface area contributed by atoms with Crippen molar-refractivity contribution < 1.29 is 4.79 Å². The molecule has 96 valence electrons. The molecule has 0 bridgehead atoms. The van der Waals surface area contributed by atoms with Crippen LogP contribution in [0.1, 0.15) is 41.5 Å². The van der Waals surface area contributed by atoms with Gasteiger partial charge in [0.2, 0.25) is 5.91 Å². The smallest absolute Gasteiger partial charge is 0.238 e. The van der Waals surface area contributed by atoms with E-state index in [1.165, 1.54) is 0 Å². The molecule has 0 aromatic heterocycles. The first-order valence-electron chi connectivity index (χ1n) is 5.88. The number of amides is 1. The molecular weight excluding hydrogens is 220 g/mol. The monoisotopic (exact) mass is 246 g/mol. The second kappa shape index (κ2) is 6.50. The molecule has 0 aliphatic heterocycles. The summed E-state index contributed by atoms with van der Waals surface area (Å²) in [6, 6.07) is 0.257. The molecule has 16 heavy (non-hydrogen) atoms. The summed E-state index contributed by atoms with van der Waals surface area (Å²) < 4.78 is 0. The topological polar surface area (TPSA) is 55.1 Å². The maximum absolute atomic E-state index is 11.5. The Morgan fingerprint density at radius 3 is 2.12 bits per heavy atom. The third-order valence-electron chi connectivity index (χ3n) is 2.72. The highest BCUT2D eigenvalue weighted by molar-refractivity contribution is 8.00. The average Bonchev–Trinajstić information content (AvgIpc) is 2.12. The van der Waals surface area contributed by atoms with Gasteiger partial charge in [0, 0.05) is 17.0 Å². The minimum Gasteiger partial charge on any atom is -0.368 e. The zero-order valence-corrected chi connectivity index (χ0v) is 12.1. The van der Waals surface area contributed by atoms with E-state index in [1.807, 2.05) is 20.8 Å². The fourth-order valence-electron chi connectivity index (χ4n) is 1.31. The summed E-state index contributed by atoms with van der Waals surface area (Å²) in [6.07, 6.45) is 0. The van der Waals surface area contributed by atoms with Crippen LogP contribution < -0.4 is 11.1 Å². The Balaban J connectivity index is 4.40. The number of hydrogen-bond donors (Lipinski definition) is 2. The first-order chi connectivity index (χ1) is 7.19. The van der Waals surface area contributed by atoms with Gasteiger partial charge < -0.3 is 11.1 Å². The maximum Gasteiger partial charge on any atom is 0.238 e. The quantitative estimate of drug-likeness (QED) is 0.722. The summed E-state index contributed by atoms with van der Waals surface area (Å²) in [5.41, 5.74) is 4.86. The Labute approximate surface area is 104 Å². The molecular formula is C12H26N2OS. The standard InChI is InChI=1S/C12H26N2OS/c1-8(2)10(5)16-7-12(6,11(13)15)14-9(3)4/h8-10,14H,7H2,1-6H3,(H2,13,15). The Morgan fingerprint density at radius 1 is 1.31 bits per heavy atom. The molecule has 0 rings (SSSR count). The van der Waals surface area contributed by atoms with E-state index in [4.69, 9.17) is 5.73 Å². The lowest BCUT2D eigenvalue weighted by Gasteiger charge is -2.31. The molecule has 0 radical (unpaired) electrons. The van der Waals surface area contributed by atoms with Gasteiger partial charge in [-0.25, -0.2) is 0 Å². The van der Waals surface area contributed by atoms with Crippen LogP contribution in [0.5, 0.6) is 0 Å². The lowest BCUT2D eigenvalue weighted by molar-refractivity contribution is -0.123. The molecule has 1 amide bonds. The highest BCUT2D eigenvalue weighted by Crippen LogP contribution is 2.23. The molecule has 0 aliphatic carbocycles. The Kier molecular flexibility index (Phi) is 6.41. The van der Waals surface area contributed by atoms with E-state index in [1.54, 1.807) is 11.8 Å². The van der Waals surface area contributed by atoms with Gasteiger partial charge in [-0.15, -0.1) is 0 Å². The van der Waals surface area contributed by atoms with Crippen molar-refractivity contribution in [3.8, 4) is 0 Å².